The maximum Gasteiger partial charge on any atom is 0.335 e. The maximum absolute atomic E-state index is 11.0. The summed E-state index contributed by atoms with van der Waals surface area (Å²) in [5, 5.41) is 18.1. The molecule has 0 unspecified atom stereocenters. The van der Waals surface area contributed by atoms with Crippen LogP contribution in [-0.4, -0.2) is 22.2 Å². The lowest BCUT2D eigenvalue weighted by Gasteiger charge is -2.24. The Balaban J connectivity index is 2.50. The highest BCUT2D eigenvalue weighted by molar-refractivity contribution is 8.00. The van der Waals surface area contributed by atoms with Crippen molar-refractivity contribution in [2.75, 3.05) is 0 Å². The zero-order valence-electron chi connectivity index (χ0n) is 10.7. The van der Waals surface area contributed by atoms with Gasteiger partial charge < -0.3 is 10.2 Å². The van der Waals surface area contributed by atoms with Gasteiger partial charge in [0.15, 0.2) is 0 Å². The molecule has 2 aromatic rings. The summed E-state index contributed by atoms with van der Waals surface area (Å²) in [5.74, 6) is -2.10. The Kier molecular flexibility index (Phi) is 4.29. The topological polar surface area (TPSA) is 74.6 Å². The molecule has 0 fully saturated rings. The first-order valence-electron chi connectivity index (χ1n) is 5.95. The van der Waals surface area contributed by atoms with Crippen molar-refractivity contribution in [2.24, 2.45) is 0 Å². The fraction of sp³-hybridized carbons (Fsp3) is 0.0667. The van der Waals surface area contributed by atoms with Gasteiger partial charge in [-0.2, -0.15) is 25.3 Å². The fourth-order valence-corrected chi connectivity index (χ4v) is 2.46. The molecule has 0 atom stereocenters. The van der Waals surface area contributed by atoms with Gasteiger partial charge in [-0.05, 0) is 35.4 Å². The van der Waals surface area contributed by atoms with Crippen LogP contribution in [0, 0.1) is 0 Å². The molecule has 0 aliphatic rings. The van der Waals surface area contributed by atoms with Gasteiger partial charge in [-0.15, -0.1) is 0 Å². The van der Waals surface area contributed by atoms with E-state index in [4.69, 9.17) is 10.2 Å². The van der Waals surface area contributed by atoms with Crippen molar-refractivity contribution in [3.8, 4) is 0 Å². The molecule has 0 radical (unpaired) electrons. The first-order chi connectivity index (χ1) is 9.82. The molecule has 0 aromatic heterocycles. The lowest BCUT2D eigenvalue weighted by Crippen LogP contribution is -2.14. The SMILES string of the molecule is O=C(O)c1cccc(C(S)(S)c2cccc(C(=O)O)c2)c1. The average molecular weight is 320 g/mol. The first kappa shape index (κ1) is 15.5. The van der Waals surface area contributed by atoms with Gasteiger partial charge in [0.05, 0.1) is 11.1 Å². The summed E-state index contributed by atoms with van der Waals surface area (Å²) in [6.07, 6.45) is 0. The molecular formula is C15H12O4S2. The molecule has 0 amide bonds. The van der Waals surface area contributed by atoms with Crippen molar-refractivity contribution in [3.63, 3.8) is 0 Å². The predicted octanol–water partition coefficient (Wildman–Crippen LogP) is 3.14. The van der Waals surface area contributed by atoms with Gasteiger partial charge >= 0.3 is 11.9 Å². The van der Waals surface area contributed by atoms with Crippen LogP contribution in [-0.2, 0) is 4.08 Å². The maximum atomic E-state index is 11.0. The zero-order valence-corrected chi connectivity index (χ0v) is 12.5. The largest absolute Gasteiger partial charge is 0.478 e. The molecule has 0 aliphatic heterocycles. The standard InChI is InChI=1S/C15H12O4S2/c16-13(17)9-3-1-5-11(7-9)15(20,21)12-6-2-4-10(8-12)14(18)19/h1-8,20-21H,(H,16,17)(H,18,19). The van der Waals surface area contributed by atoms with Gasteiger partial charge in [0.1, 0.15) is 4.08 Å². The summed E-state index contributed by atoms with van der Waals surface area (Å²) >= 11 is 8.95. The quantitative estimate of drug-likeness (QED) is 0.516. The lowest BCUT2D eigenvalue weighted by atomic mass is 10.00. The molecule has 2 N–H and O–H groups in total. The van der Waals surface area contributed by atoms with Crippen LogP contribution in [0.3, 0.4) is 0 Å². The van der Waals surface area contributed by atoms with E-state index < -0.39 is 16.0 Å². The smallest absolute Gasteiger partial charge is 0.335 e. The monoisotopic (exact) mass is 320 g/mol. The molecule has 108 valence electrons. The predicted molar refractivity (Wildman–Crippen MR) is 85.6 cm³/mol. The Morgan fingerprint density at radius 3 is 1.52 bits per heavy atom. The third kappa shape index (κ3) is 3.22. The molecule has 0 saturated carbocycles. The number of aromatic carboxylic acids is 2. The molecule has 2 rings (SSSR count). The summed E-state index contributed by atoms with van der Waals surface area (Å²) in [4.78, 5) is 22.1. The van der Waals surface area contributed by atoms with Crippen LogP contribution < -0.4 is 0 Å². The summed E-state index contributed by atoms with van der Waals surface area (Å²) < 4.78 is -1.10. The Hall–Kier alpha value is -1.92. The van der Waals surface area contributed by atoms with Crippen molar-refractivity contribution in [2.45, 2.75) is 4.08 Å². The van der Waals surface area contributed by atoms with Crippen molar-refractivity contribution in [1.82, 2.24) is 0 Å². The second-order valence-corrected chi connectivity index (χ2v) is 6.14. The van der Waals surface area contributed by atoms with Crippen LogP contribution in [0.2, 0.25) is 0 Å². The van der Waals surface area contributed by atoms with E-state index in [2.05, 4.69) is 25.3 Å². The number of hydrogen-bond acceptors (Lipinski definition) is 4. The molecule has 0 bridgehead atoms. The van der Waals surface area contributed by atoms with Crippen LogP contribution in [0.25, 0.3) is 0 Å². The molecule has 0 aliphatic carbocycles. The van der Waals surface area contributed by atoms with Crippen molar-refractivity contribution in [1.29, 1.82) is 0 Å². The molecule has 4 nitrogen and oxygen atoms in total. The van der Waals surface area contributed by atoms with E-state index in [0.29, 0.717) is 11.1 Å². The third-order valence-corrected chi connectivity index (χ3v) is 4.06. The van der Waals surface area contributed by atoms with Crippen molar-refractivity contribution < 1.29 is 19.8 Å². The number of rotatable bonds is 4. The molecule has 6 heteroatoms. The van der Waals surface area contributed by atoms with Crippen LogP contribution >= 0.6 is 25.3 Å². The summed E-state index contributed by atoms with van der Waals surface area (Å²) in [5.41, 5.74) is 1.34. The fourth-order valence-electron chi connectivity index (χ4n) is 1.90. The molecule has 21 heavy (non-hydrogen) atoms. The minimum atomic E-state index is -1.10. The number of hydrogen-bond donors (Lipinski definition) is 4. The van der Waals surface area contributed by atoms with Gasteiger partial charge in [0.2, 0.25) is 0 Å². The van der Waals surface area contributed by atoms with E-state index in [1.165, 1.54) is 24.3 Å². The Morgan fingerprint density at radius 1 is 0.810 bits per heavy atom. The van der Waals surface area contributed by atoms with Gasteiger partial charge in [-0.25, -0.2) is 9.59 Å². The van der Waals surface area contributed by atoms with E-state index in [9.17, 15) is 9.59 Å². The van der Waals surface area contributed by atoms with E-state index in [1.54, 1.807) is 24.3 Å². The number of benzene rings is 2. The Labute approximate surface area is 132 Å². The molecular weight excluding hydrogens is 308 g/mol. The normalized spacial score (nSPS) is 11.1. The highest BCUT2D eigenvalue weighted by Gasteiger charge is 2.27. The lowest BCUT2D eigenvalue weighted by molar-refractivity contribution is 0.0686. The van der Waals surface area contributed by atoms with Crippen molar-refractivity contribution >= 4 is 37.2 Å². The highest BCUT2D eigenvalue weighted by Crippen LogP contribution is 2.40. The minimum absolute atomic E-state index is 0.120. The van der Waals surface area contributed by atoms with Crippen molar-refractivity contribution in [3.05, 3.63) is 70.8 Å². The van der Waals surface area contributed by atoms with Gasteiger partial charge in [0, 0.05) is 0 Å². The summed E-state index contributed by atoms with van der Waals surface area (Å²) in [6, 6.07) is 12.5. The van der Waals surface area contributed by atoms with E-state index in [-0.39, 0.29) is 11.1 Å². The van der Waals surface area contributed by atoms with Crippen LogP contribution in [0.15, 0.2) is 48.5 Å². The number of carboxylic acid groups (broad SMARTS) is 2. The Bertz CT molecular complexity index is 651. The van der Waals surface area contributed by atoms with Gasteiger partial charge in [-0.1, -0.05) is 24.3 Å². The van der Waals surface area contributed by atoms with Crippen LogP contribution in [0.1, 0.15) is 31.8 Å². The number of thiol groups is 2. The second-order valence-electron chi connectivity index (χ2n) is 4.44. The minimum Gasteiger partial charge on any atom is -0.478 e. The average Bonchev–Trinajstić information content (AvgIpc) is 2.47. The third-order valence-electron chi connectivity index (χ3n) is 3.02. The first-order valence-corrected chi connectivity index (χ1v) is 6.84. The molecule has 0 spiro atoms. The second kappa shape index (κ2) is 5.83. The molecule has 2 aromatic carbocycles. The van der Waals surface area contributed by atoms with Gasteiger partial charge in [0.25, 0.3) is 0 Å². The van der Waals surface area contributed by atoms with E-state index >= 15 is 0 Å². The summed E-state index contributed by atoms with van der Waals surface area (Å²) in [7, 11) is 0. The van der Waals surface area contributed by atoms with Crippen LogP contribution in [0.4, 0.5) is 0 Å². The summed E-state index contributed by atoms with van der Waals surface area (Å²) in [6.45, 7) is 0. The highest BCUT2D eigenvalue weighted by atomic mass is 32.2. The van der Waals surface area contributed by atoms with Gasteiger partial charge in [-0.3, -0.25) is 0 Å². The van der Waals surface area contributed by atoms with Crippen LogP contribution in [0.5, 0.6) is 0 Å². The number of carbonyl (C=O) groups is 2. The van der Waals surface area contributed by atoms with E-state index in [1.807, 2.05) is 0 Å². The van der Waals surface area contributed by atoms with E-state index in [0.717, 1.165) is 0 Å². The molecule has 0 saturated heterocycles. The Morgan fingerprint density at radius 2 is 1.19 bits per heavy atom. The number of carboxylic acids is 2. The zero-order chi connectivity index (χ0) is 15.6. The molecule has 0 heterocycles.